The Kier molecular flexibility index (Phi) is 12.2. The number of hydrogen-bond acceptors (Lipinski definition) is 5. The molecular formula is C27H37Cl2N3O5S. The largest absolute Gasteiger partial charge is 0.495 e. The fraction of sp³-hybridized carbons (Fsp3) is 0.481. The summed E-state index contributed by atoms with van der Waals surface area (Å²) in [6, 6.07) is 11.1. The number of sulfonamides is 1. The van der Waals surface area contributed by atoms with E-state index in [1.54, 1.807) is 42.5 Å². The molecule has 2 atom stereocenters. The molecular weight excluding hydrogens is 549 g/mol. The van der Waals surface area contributed by atoms with Crippen LogP contribution in [-0.4, -0.2) is 57.1 Å². The van der Waals surface area contributed by atoms with Gasteiger partial charge in [-0.1, -0.05) is 55.2 Å². The van der Waals surface area contributed by atoms with Gasteiger partial charge in [-0.25, -0.2) is 8.42 Å². The minimum atomic E-state index is -3.64. The topological polar surface area (TPSA) is 96.0 Å². The maximum absolute atomic E-state index is 13.6. The Morgan fingerprint density at radius 1 is 1.08 bits per heavy atom. The van der Waals surface area contributed by atoms with Crippen molar-refractivity contribution < 1.29 is 22.7 Å². The van der Waals surface area contributed by atoms with Gasteiger partial charge in [-0.2, -0.15) is 0 Å². The lowest BCUT2D eigenvalue weighted by atomic mass is 10.1. The summed E-state index contributed by atoms with van der Waals surface area (Å²) in [5.41, 5.74) is 1.06. The number of amides is 2. The Bertz CT molecular complexity index is 1210. The van der Waals surface area contributed by atoms with Crippen LogP contribution in [0.1, 0.15) is 52.0 Å². The second-order valence-corrected chi connectivity index (χ2v) is 11.9. The third-order valence-electron chi connectivity index (χ3n) is 6.25. The van der Waals surface area contributed by atoms with Gasteiger partial charge in [-0.3, -0.25) is 13.9 Å². The van der Waals surface area contributed by atoms with Gasteiger partial charge in [0.25, 0.3) is 0 Å². The first-order valence-corrected chi connectivity index (χ1v) is 15.2. The first kappa shape index (κ1) is 31.7. The van der Waals surface area contributed by atoms with Gasteiger partial charge in [0.1, 0.15) is 11.8 Å². The molecule has 0 aliphatic heterocycles. The normalized spacial score (nSPS) is 12.9. The van der Waals surface area contributed by atoms with Gasteiger partial charge >= 0.3 is 0 Å². The van der Waals surface area contributed by atoms with Gasteiger partial charge in [0.05, 0.1) is 19.1 Å². The van der Waals surface area contributed by atoms with Gasteiger partial charge < -0.3 is 15.0 Å². The number of halogens is 2. The molecule has 0 spiro atoms. The molecule has 210 valence electrons. The van der Waals surface area contributed by atoms with Crippen LogP contribution in [0.25, 0.3) is 0 Å². The molecule has 0 saturated carbocycles. The van der Waals surface area contributed by atoms with Crippen LogP contribution < -0.4 is 14.4 Å². The molecule has 0 unspecified atom stereocenters. The highest BCUT2D eigenvalue weighted by Gasteiger charge is 2.30. The van der Waals surface area contributed by atoms with Gasteiger partial charge in [0.15, 0.2) is 0 Å². The van der Waals surface area contributed by atoms with Crippen molar-refractivity contribution in [1.29, 1.82) is 0 Å². The van der Waals surface area contributed by atoms with Crippen molar-refractivity contribution in [3.05, 3.63) is 58.1 Å². The molecule has 0 saturated heterocycles. The van der Waals surface area contributed by atoms with Gasteiger partial charge in [-0.05, 0) is 56.0 Å². The van der Waals surface area contributed by atoms with E-state index >= 15 is 0 Å². The first-order valence-electron chi connectivity index (χ1n) is 12.6. The van der Waals surface area contributed by atoms with Crippen molar-refractivity contribution in [2.24, 2.45) is 0 Å². The van der Waals surface area contributed by atoms with Crippen molar-refractivity contribution in [2.45, 2.75) is 65.1 Å². The van der Waals surface area contributed by atoms with Crippen molar-refractivity contribution in [2.75, 3.05) is 24.2 Å². The smallest absolute Gasteiger partial charge is 0.243 e. The van der Waals surface area contributed by atoms with Crippen LogP contribution >= 0.6 is 23.2 Å². The first-order chi connectivity index (χ1) is 17.9. The summed E-state index contributed by atoms with van der Waals surface area (Å²) >= 11 is 12.4. The van der Waals surface area contributed by atoms with Crippen LogP contribution in [0.2, 0.25) is 10.0 Å². The molecule has 38 heavy (non-hydrogen) atoms. The quantitative estimate of drug-likeness (QED) is 0.326. The number of para-hydroxylation sites is 2. The molecule has 0 radical (unpaired) electrons. The standard InChI is InChI=1S/C27H37Cl2N3O5S/c1-6-19(3)30-27(34)23(7-2)31(18-20-14-15-21(28)17-22(20)29)26(33)13-10-16-32(38(5,35)36)24-11-8-9-12-25(24)37-4/h8-9,11-12,14-15,17,19,23H,6-7,10,13,16,18H2,1-5H3,(H,30,34)/t19-,23-/m1/s1. The van der Waals surface area contributed by atoms with Crippen molar-refractivity contribution in [3.8, 4) is 5.75 Å². The number of benzene rings is 2. The summed E-state index contributed by atoms with van der Waals surface area (Å²) in [6.45, 7) is 5.90. The van der Waals surface area contributed by atoms with E-state index in [4.69, 9.17) is 27.9 Å². The molecule has 0 aromatic heterocycles. The van der Waals surface area contributed by atoms with Crippen LogP contribution in [0.3, 0.4) is 0 Å². The zero-order chi connectivity index (χ0) is 28.5. The molecule has 8 nitrogen and oxygen atoms in total. The molecule has 2 rings (SSSR count). The fourth-order valence-corrected chi connectivity index (χ4v) is 5.45. The highest BCUT2D eigenvalue weighted by Crippen LogP contribution is 2.30. The van der Waals surface area contributed by atoms with E-state index in [1.165, 1.54) is 16.3 Å². The van der Waals surface area contributed by atoms with Crippen LogP contribution in [0, 0.1) is 0 Å². The molecule has 0 fully saturated rings. The molecule has 2 amide bonds. The third-order valence-corrected chi connectivity index (χ3v) is 8.02. The lowest BCUT2D eigenvalue weighted by Gasteiger charge is -2.32. The molecule has 0 heterocycles. The van der Waals surface area contributed by atoms with Crippen molar-refractivity contribution in [1.82, 2.24) is 10.2 Å². The van der Waals surface area contributed by atoms with Gasteiger partial charge in [0.2, 0.25) is 21.8 Å². The molecule has 0 aliphatic carbocycles. The minimum Gasteiger partial charge on any atom is -0.495 e. The van der Waals surface area contributed by atoms with Crippen LogP contribution in [0.4, 0.5) is 5.69 Å². The number of anilines is 1. The Hall–Kier alpha value is -2.49. The maximum Gasteiger partial charge on any atom is 0.243 e. The number of rotatable bonds is 14. The average Bonchev–Trinajstić information content (AvgIpc) is 2.86. The van der Waals surface area contributed by atoms with E-state index in [0.717, 1.165) is 12.7 Å². The number of carbonyl (C=O) groups is 2. The number of methoxy groups -OCH3 is 1. The van der Waals surface area contributed by atoms with Crippen molar-refractivity contribution in [3.63, 3.8) is 0 Å². The van der Waals surface area contributed by atoms with E-state index in [-0.39, 0.29) is 43.8 Å². The molecule has 0 bridgehead atoms. The summed E-state index contributed by atoms with van der Waals surface area (Å²) in [6.07, 6.45) is 2.53. The summed E-state index contributed by atoms with van der Waals surface area (Å²) in [5, 5.41) is 3.83. The summed E-state index contributed by atoms with van der Waals surface area (Å²) in [7, 11) is -2.17. The number of nitrogens with zero attached hydrogens (tertiary/aromatic N) is 2. The lowest BCUT2D eigenvalue weighted by Crippen LogP contribution is -2.50. The Morgan fingerprint density at radius 3 is 2.34 bits per heavy atom. The predicted molar refractivity (Wildman–Crippen MR) is 153 cm³/mol. The Labute approximate surface area is 236 Å². The van der Waals surface area contributed by atoms with Crippen LogP contribution in [-0.2, 0) is 26.2 Å². The zero-order valence-electron chi connectivity index (χ0n) is 22.5. The third kappa shape index (κ3) is 8.78. The van der Waals surface area contributed by atoms with E-state index in [1.807, 2.05) is 20.8 Å². The predicted octanol–water partition coefficient (Wildman–Crippen LogP) is 5.27. The fourth-order valence-electron chi connectivity index (χ4n) is 4.01. The SMILES string of the molecule is CC[C@@H](C)NC(=O)[C@@H](CC)N(Cc1ccc(Cl)cc1Cl)C(=O)CCCN(c1ccccc1OC)S(C)(=O)=O. The van der Waals surface area contributed by atoms with Crippen LogP contribution in [0.15, 0.2) is 42.5 Å². The maximum atomic E-state index is 13.6. The van der Waals surface area contributed by atoms with E-state index in [2.05, 4.69) is 5.32 Å². The number of ether oxygens (including phenoxy) is 1. The molecule has 0 aliphatic rings. The van der Waals surface area contributed by atoms with E-state index in [0.29, 0.717) is 33.5 Å². The second kappa shape index (κ2) is 14.6. The monoisotopic (exact) mass is 585 g/mol. The van der Waals surface area contributed by atoms with E-state index in [9.17, 15) is 18.0 Å². The zero-order valence-corrected chi connectivity index (χ0v) is 24.9. The minimum absolute atomic E-state index is 0.0273. The lowest BCUT2D eigenvalue weighted by molar-refractivity contribution is -0.141. The van der Waals surface area contributed by atoms with Crippen molar-refractivity contribution >= 4 is 50.7 Å². The molecule has 1 N–H and O–H groups in total. The van der Waals surface area contributed by atoms with Gasteiger partial charge in [-0.15, -0.1) is 0 Å². The average molecular weight is 587 g/mol. The van der Waals surface area contributed by atoms with Gasteiger partial charge in [0, 0.05) is 35.6 Å². The summed E-state index contributed by atoms with van der Waals surface area (Å²) in [4.78, 5) is 28.2. The molecule has 2 aromatic rings. The number of nitrogens with one attached hydrogen (secondary N) is 1. The molecule has 2 aromatic carbocycles. The highest BCUT2D eigenvalue weighted by atomic mass is 35.5. The number of carbonyl (C=O) groups excluding carboxylic acids is 2. The Morgan fingerprint density at radius 2 is 1.76 bits per heavy atom. The summed E-state index contributed by atoms with van der Waals surface area (Å²) < 4.78 is 31.7. The molecule has 11 heteroatoms. The summed E-state index contributed by atoms with van der Waals surface area (Å²) in [5.74, 6) is -0.112. The highest BCUT2D eigenvalue weighted by molar-refractivity contribution is 7.92. The number of hydrogen-bond donors (Lipinski definition) is 1. The van der Waals surface area contributed by atoms with E-state index < -0.39 is 16.1 Å². The second-order valence-electron chi connectivity index (χ2n) is 9.11. The Balaban J connectivity index is 2.29. The van der Waals surface area contributed by atoms with Crippen LogP contribution in [0.5, 0.6) is 5.75 Å².